The Kier molecular flexibility index (Phi) is 4.79. The van der Waals surface area contributed by atoms with Gasteiger partial charge in [-0.2, -0.15) is 0 Å². The number of hydrogen-bond donors (Lipinski definition) is 1. The first-order chi connectivity index (χ1) is 11.1. The van der Waals surface area contributed by atoms with Gasteiger partial charge in [0, 0.05) is 16.5 Å². The van der Waals surface area contributed by atoms with Crippen LogP contribution in [0.15, 0.2) is 59.2 Å². The average Bonchev–Trinajstić information content (AvgIpc) is 2.87. The molecule has 1 heterocycles. The van der Waals surface area contributed by atoms with Crippen LogP contribution in [0.2, 0.25) is 10.0 Å². The fourth-order valence-electron chi connectivity index (χ4n) is 2.34. The number of rotatable bonds is 4. The van der Waals surface area contributed by atoms with Crippen LogP contribution in [0.4, 0.5) is 0 Å². The minimum atomic E-state index is -0.195. The number of carbonyl (C=O) groups is 1. The molecule has 3 nitrogen and oxygen atoms in total. The van der Waals surface area contributed by atoms with Crippen molar-refractivity contribution < 1.29 is 4.79 Å². The van der Waals surface area contributed by atoms with E-state index in [2.05, 4.69) is 10.3 Å². The molecule has 1 aliphatic heterocycles. The highest BCUT2D eigenvalue weighted by atomic mass is 35.5. The molecule has 116 valence electrons. The monoisotopic (exact) mass is 344 g/mol. The van der Waals surface area contributed by atoms with Crippen LogP contribution in [0.3, 0.4) is 0 Å². The topological polar surface area (TPSA) is 41.5 Å². The van der Waals surface area contributed by atoms with Crippen molar-refractivity contribution in [2.45, 2.75) is 12.8 Å². The summed E-state index contributed by atoms with van der Waals surface area (Å²) in [4.78, 5) is 16.4. The lowest BCUT2D eigenvalue weighted by Crippen LogP contribution is -2.24. The second kappa shape index (κ2) is 6.99. The predicted octanol–water partition coefficient (Wildman–Crippen LogP) is 4.50. The summed E-state index contributed by atoms with van der Waals surface area (Å²) in [5.41, 5.74) is 2.28. The van der Waals surface area contributed by atoms with Crippen molar-refractivity contribution in [3.63, 3.8) is 0 Å². The lowest BCUT2D eigenvalue weighted by molar-refractivity contribution is -0.115. The summed E-state index contributed by atoms with van der Waals surface area (Å²) in [5, 5.41) is 4.15. The van der Waals surface area contributed by atoms with E-state index < -0.39 is 0 Å². The molecular weight excluding hydrogens is 331 g/mol. The second-order valence-electron chi connectivity index (χ2n) is 5.19. The Hall–Kier alpha value is -2.10. The van der Waals surface area contributed by atoms with Crippen molar-refractivity contribution in [1.82, 2.24) is 5.32 Å². The maximum atomic E-state index is 12.0. The van der Waals surface area contributed by atoms with E-state index in [9.17, 15) is 4.79 Å². The largest absolute Gasteiger partial charge is 0.309 e. The van der Waals surface area contributed by atoms with E-state index in [0.29, 0.717) is 23.0 Å². The Bertz CT molecular complexity index is 812. The fourth-order valence-corrected chi connectivity index (χ4v) is 2.77. The molecule has 5 heteroatoms. The molecule has 1 amide bonds. The number of aryl methyl sites for hydroxylation is 1. The molecule has 23 heavy (non-hydrogen) atoms. The highest BCUT2D eigenvalue weighted by Gasteiger charge is 2.19. The van der Waals surface area contributed by atoms with E-state index in [1.54, 1.807) is 18.2 Å². The van der Waals surface area contributed by atoms with Crippen LogP contribution in [0.1, 0.15) is 17.5 Å². The number of aliphatic imine (C=N–C) groups is 1. The number of nitrogens with zero attached hydrogens (tertiary/aromatic N) is 1. The van der Waals surface area contributed by atoms with Gasteiger partial charge in [0.2, 0.25) is 0 Å². The molecule has 0 aromatic heterocycles. The predicted molar refractivity (Wildman–Crippen MR) is 94.8 cm³/mol. The smallest absolute Gasteiger partial charge is 0.275 e. The summed E-state index contributed by atoms with van der Waals surface area (Å²) in [6, 6.07) is 15.0. The van der Waals surface area contributed by atoms with Crippen molar-refractivity contribution in [3.05, 3.63) is 75.4 Å². The number of amidine groups is 1. The van der Waals surface area contributed by atoms with Crippen LogP contribution in [0.5, 0.6) is 0 Å². The zero-order valence-corrected chi connectivity index (χ0v) is 13.7. The number of halogens is 2. The molecule has 1 aliphatic rings. The molecular formula is C18H14Cl2N2O. The minimum Gasteiger partial charge on any atom is -0.309 e. The molecule has 0 fully saturated rings. The summed E-state index contributed by atoms with van der Waals surface area (Å²) in [6.07, 6.45) is 3.08. The lowest BCUT2D eigenvalue weighted by atomic mass is 10.1. The van der Waals surface area contributed by atoms with Crippen molar-refractivity contribution in [1.29, 1.82) is 0 Å². The minimum absolute atomic E-state index is 0.195. The highest BCUT2D eigenvalue weighted by Crippen LogP contribution is 2.19. The maximum Gasteiger partial charge on any atom is 0.275 e. The van der Waals surface area contributed by atoms with E-state index in [-0.39, 0.29) is 5.91 Å². The normalized spacial score (nSPS) is 15.7. The van der Waals surface area contributed by atoms with E-state index in [4.69, 9.17) is 23.2 Å². The SMILES string of the molecule is O=C1NC(CCc2ccccc2Cl)=N/C1=C/c1cccc(Cl)c1. The summed E-state index contributed by atoms with van der Waals surface area (Å²) in [7, 11) is 0. The van der Waals surface area contributed by atoms with Crippen LogP contribution >= 0.6 is 23.2 Å². The summed E-state index contributed by atoms with van der Waals surface area (Å²) in [5.74, 6) is 0.460. The quantitative estimate of drug-likeness (QED) is 0.815. The van der Waals surface area contributed by atoms with Crippen LogP contribution < -0.4 is 5.32 Å². The Morgan fingerprint density at radius 3 is 2.65 bits per heavy atom. The van der Waals surface area contributed by atoms with Crippen LogP contribution in [0, 0.1) is 0 Å². The summed E-state index contributed by atoms with van der Waals surface area (Å²) < 4.78 is 0. The molecule has 2 aromatic carbocycles. The van der Waals surface area contributed by atoms with E-state index in [1.165, 1.54) is 0 Å². The van der Waals surface area contributed by atoms with Gasteiger partial charge in [-0.1, -0.05) is 53.5 Å². The second-order valence-corrected chi connectivity index (χ2v) is 6.03. The summed E-state index contributed by atoms with van der Waals surface area (Å²) >= 11 is 12.1. The molecule has 0 saturated heterocycles. The van der Waals surface area contributed by atoms with Gasteiger partial charge in [0.05, 0.1) is 0 Å². The molecule has 1 N–H and O–H groups in total. The zero-order chi connectivity index (χ0) is 16.2. The first kappa shape index (κ1) is 15.8. The number of amides is 1. The van der Waals surface area contributed by atoms with Crippen molar-refractivity contribution in [3.8, 4) is 0 Å². The first-order valence-electron chi connectivity index (χ1n) is 7.21. The van der Waals surface area contributed by atoms with Crippen LogP contribution in [-0.2, 0) is 11.2 Å². The van der Waals surface area contributed by atoms with Crippen LogP contribution in [0.25, 0.3) is 6.08 Å². The van der Waals surface area contributed by atoms with Gasteiger partial charge in [-0.05, 0) is 41.8 Å². The number of benzene rings is 2. The molecule has 0 aliphatic carbocycles. The molecule has 3 rings (SSSR count). The fraction of sp³-hybridized carbons (Fsp3) is 0.111. The third-order valence-corrected chi connectivity index (χ3v) is 4.09. The Labute approximate surface area is 144 Å². The number of hydrogen-bond acceptors (Lipinski definition) is 2. The summed E-state index contributed by atoms with van der Waals surface area (Å²) in [6.45, 7) is 0. The molecule has 0 bridgehead atoms. The maximum absolute atomic E-state index is 12.0. The van der Waals surface area contributed by atoms with Gasteiger partial charge in [-0.25, -0.2) is 4.99 Å². The Morgan fingerprint density at radius 2 is 1.87 bits per heavy atom. The van der Waals surface area contributed by atoms with Gasteiger partial charge >= 0.3 is 0 Å². The van der Waals surface area contributed by atoms with Crippen LogP contribution in [-0.4, -0.2) is 11.7 Å². The first-order valence-corrected chi connectivity index (χ1v) is 7.97. The van der Waals surface area contributed by atoms with Gasteiger partial charge in [0.1, 0.15) is 11.5 Å². The third kappa shape index (κ3) is 4.01. The standard InChI is InChI=1S/C18H14Cl2N2O/c19-14-6-3-4-12(10-14)11-16-18(23)22-17(21-16)9-8-13-5-1-2-7-15(13)20/h1-7,10-11H,8-9H2,(H,21,22,23)/b16-11+. The molecule has 0 atom stereocenters. The lowest BCUT2D eigenvalue weighted by Gasteiger charge is -2.03. The molecule has 0 spiro atoms. The molecule has 2 aromatic rings. The number of nitrogens with one attached hydrogen (secondary N) is 1. The average molecular weight is 345 g/mol. The molecule has 0 saturated carbocycles. The van der Waals surface area contributed by atoms with Gasteiger partial charge in [-0.3, -0.25) is 4.79 Å². The number of carbonyl (C=O) groups excluding carboxylic acids is 1. The zero-order valence-electron chi connectivity index (χ0n) is 12.2. The van der Waals surface area contributed by atoms with E-state index in [1.807, 2.05) is 36.4 Å². The highest BCUT2D eigenvalue weighted by molar-refractivity contribution is 6.31. The molecule has 0 radical (unpaired) electrons. The Morgan fingerprint density at radius 1 is 1.04 bits per heavy atom. The third-order valence-electron chi connectivity index (χ3n) is 3.49. The van der Waals surface area contributed by atoms with Gasteiger partial charge in [0.15, 0.2) is 0 Å². The van der Waals surface area contributed by atoms with Gasteiger partial charge in [-0.15, -0.1) is 0 Å². The van der Waals surface area contributed by atoms with E-state index in [0.717, 1.165) is 22.6 Å². The van der Waals surface area contributed by atoms with Gasteiger partial charge in [0.25, 0.3) is 5.91 Å². The van der Waals surface area contributed by atoms with Crippen molar-refractivity contribution in [2.24, 2.45) is 4.99 Å². The van der Waals surface area contributed by atoms with Crippen molar-refractivity contribution in [2.75, 3.05) is 0 Å². The van der Waals surface area contributed by atoms with E-state index >= 15 is 0 Å². The van der Waals surface area contributed by atoms with Crippen molar-refractivity contribution >= 4 is 41.0 Å². The van der Waals surface area contributed by atoms with Gasteiger partial charge < -0.3 is 5.32 Å². The molecule has 0 unspecified atom stereocenters. The Balaban J connectivity index is 1.73.